The van der Waals surface area contributed by atoms with Crippen LogP contribution in [0.4, 0.5) is 0 Å². The van der Waals surface area contributed by atoms with Crippen LogP contribution in [0.1, 0.15) is 73.1 Å². The maximum Gasteiger partial charge on any atom is 0.330 e. The Balaban J connectivity index is 1.91. The summed E-state index contributed by atoms with van der Waals surface area (Å²) in [7, 11) is -5.43. The zero-order chi connectivity index (χ0) is 33.4. The van der Waals surface area contributed by atoms with E-state index in [0.717, 1.165) is 10.4 Å². The van der Waals surface area contributed by atoms with Gasteiger partial charge in [-0.1, -0.05) is 109 Å². The summed E-state index contributed by atoms with van der Waals surface area (Å²) >= 11 is 0. The van der Waals surface area contributed by atoms with Crippen molar-refractivity contribution in [3.05, 3.63) is 93.3 Å². The van der Waals surface area contributed by atoms with E-state index in [1.165, 1.54) is 10.8 Å². The van der Waals surface area contributed by atoms with E-state index < -0.39 is 51.9 Å². The van der Waals surface area contributed by atoms with Crippen molar-refractivity contribution < 1.29 is 18.7 Å². The molecule has 2 aromatic carbocycles. The summed E-state index contributed by atoms with van der Waals surface area (Å²) in [5, 5.41) is 13.8. The van der Waals surface area contributed by atoms with Gasteiger partial charge in [-0.25, -0.2) is 4.79 Å². The van der Waals surface area contributed by atoms with Gasteiger partial charge in [0.1, 0.15) is 11.8 Å². The van der Waals surface area contributed by atoms with Crippen molar-refractivity contribution in [3.8, 4) is 0 Å². The first kappa shape index (κ1) is 35.3. The number of aromatic nitrogens is 2. The lowest BCUT2D eigenvalue weighted by Gasteiger charge is -2.48. The van der Waals surface area contributed by atoms with Gasteiger partial charge in [-0.05, 0) is 46.9 Å². The third-order valence-electron chi connectivity index (χ3n) is 9.90. The standard InChI is InChI=1S/C35H52N2O6Si2/c1-11-28(38)35(24-41-45(34(6,7)8,26-18-14-12-15-19-26)27-20-16-13-17-21-27)29(43-44(9,10)33(3,4)5)22-30(42-35)37-23-25(2)31(39)36-32(37)40/h12-21,23,28-30,38H,11,22,24H2,1-10H3,(H,36,39,40)/t28?,29-,30+,35-/m0/s1. The van der Waals surface area contributed by atoms with Crippen LogP contribution in [0.2, 0.25) is 23.2 Å². The Morgan fingerprint density at radius 2 is 1.51 bits per heavy atom. The Bertz CT molecular complexity index is 1520. The van der Waals surface area contributed by atoms with E-state index in [4.69, 9.17) is 13.6 Å². The Kier molecular flexibility index (Phi) is 10.1. The molecule has 1 aromatic heterocycles. The fourth-order valence-electron chi connectivity index (χ4n) is 6.26. The lowest BCUT2D eigenvalue weighted by Crippen LogP contribution is -2.69. The van der Waals surface area contributed by atoms with Crippen molar-refractivity contribution in [1.82, 2.24) is 9.55 Å². The number of hydrogen-bond donors (Lipinski definition) is 2. The zero-order valence-electron chi connectivity index (χ0n) is 28.6. The minimum atomic E-state index is -3.03. The number of rotatable bonds is 10. The highest BCUT2D eigenvalue weighted by molar-refractivity contribution is 6.99. The minimum absolute atomic E-state index is 0.0577. The monoisotopic (exact) mass is 652 g/mol. The van der Waals surface area contributed by atoms with Gasteiger partial charge >= 0.3 is 5.69 Å². The highest BCUT2D eigenvalue weighted by atomic mass is 28.4. The molecule has 1 aliphatic rings. The topological polar surface area (TPSA) is 103 Å². The number of benzene rings is 2. The first-order chi connectivity index (χ1) is 20.9. The largest absolute Gasteiger partial charge is 0.411 e. The molecular weight excluding hydrogens is 601 g/mol. The van der Waals surface area contributed by atoms with Crippen LogP contribution < -0.4 is 21.6 Å². The number of aliphatic hydroxyl groups excluding tert-OH is 1. The Labute approximate surface area is 270 Å². The van der Waals surface area contributed by atoms with Crippen molar-refractivity contribution in [2.75, 3.05) is 6.61 Å². The molecule has 1 saturated heterocycles. The van der Waals surface area contributed by atoms with Gasteiger partial charge in [0.05, 0.1) is 18.8 Å². The number of nitrogens with zero attached hydrogens (tertiary/aromatic N) is 1. The smallest absolute Gasteiger partial charge is 0.330 e. The molecule has 8 nitrogen and oxygen atoms in total. The zero-order valence-corrected chi connectivity index (χ0v) is 30.6. The SMILES string of the molecule is CCC(O)[C@]1(CO[Si](c2ccccc2)(c2ccccc2)C(C)(C)C)O[C@@H](n2cc(C)c(=O)[nH]c2=O)C[C@@H]1O[Si](C)(C)C(C)(C)C. The highest BCUT2D eigenvalue weighted by Gasteiger charge is 2.59. The number of nitrogens with one attached hydrogen (secondary N) is 1. The first-order valence-electron chi connectivity index (χ1n) is 16.0. The number of H-pyrrole nitrogens is 1. The van der Waals surface area contributed by atoms with Crippen molar-refractivity contribution in [3.63, 3.8) is 0 Å². The van der Waals surface area contributed by atoms with Gasteiger partial charge < -0.3 is 18.7 Å². The van der Waals surface area contributed by atoms with E-state index in [-0.39, 0.29) is 16.7 Å². The van der Waals surface area contributed by atoms with Gasteiger partial charge in [0.2, 0.25) is 0 Å². The summed E-state index contributed by atoms with van der Waals surface area (Å²) in [6.07, 6.45) is -0.0445. The second-order valence-corrected chi connectivity index (χ2v) is 24.0. The average molecular weight is 653 g/mol. The van der Waals surface area contributed by atoms with E-state index >= 15 is 0 Å². The molecule has 0 saturated carbocycles. The number of aryl methyl sites for hydroxylation is 1. The van der Waals surface area contributed by atoms with Crippen molar-refractivity contribution in [1.29, 1.82) is 0 Å². The van der Waals surface area contributed by atoms with Gasteiger partial charge in [-0.2, -0.15) is 0 Å². The van der Waals surface area contributed by atoms with E-state index in [0.29, 0.717) is 18.4 Å². The summed E-state index contributed by atoms with van der Waals surface area (Å²) in [6.45, 7) is 21.2. The normalized spacial score (nSPS) is 22.0. The molecule has 0 amide bonds. The number of hydrogen-bond acceptors (Lipinski definition) is 6. The molecule has 45 heavy (non-hydrogen) atoms. The molecule has 4 atom stereocenters. The summed E-state index contributed by atoms with van der Waals surface area (Å²) in [4.78, 5) is 27.8. The Morgan fingerprint density at radius 1 is 0.978 bits per heavy atom. The van der Waals surface area contributed by atoms with Crippen molar-refractivity contribution in [2.45, 2.75) is 115 Å². The fraction of sp³-hybridized carbons (Fsp3) is 0.543. The molecule has 3 aromatic rings. The van der Waals surface area contributed by atoms with Crippen LogP contribution in [0.3, 0.4) is 0 Å². The third kappa shape index (κ3) is 6.64. The molecule has 0 radical (unpaired) electrons. The highest BCUT2D eigenvalue weighted by Crippen LogP contribution is 2.47. The molecule has 246 valence electrons. The van der Waals surface area contributed by atoms with E-state index in [9.17, 15) is 14.7 Å². The fourth-order valence-corrected chi connectivity index (χ4v) is 12.2. The quantitative estimate of drug-likeness (QED) is 0.291. The first-order valence-corrected chi connectivity index (χ1v) is 20.8. The molecule has 2 N–H and O–H groups in total. The van der Waals surface area contributed by atoms with Crippen LogP contribution in [0.25, 0.3) is 0 Å². The molecule has 2 heterocycles. The van der Waals surface area contributed by atoms with E-state index in [1.807, 2.05) is 43.3 Å². The van der Waals surface area contributed by atoms with Crippen LogP contribution in [0, 0.1) is 6.92 Å². The Morgan fingerprint density at radius 3 is 1.98 bits per heavy atom. The Hall–Kier alpha value is -2.61. The van der Waals surface area contributed by atoms with Gasteiger partial charge in [-0.15, -0.1) is 0 Å². The number of ether oxygens (including phenoxy) is 1. The summed E-state index contributed by atoms with van der Waals surface area (Å²) in [5.74, 6) is 0. The van der Waals surface area contributed by atoms with Crippen LogP contribution in [0.15, 0.2) is 76.4 Å². The molecule has 0 bridgehead atoms. The second-order valence-electron chi connectivity index (χ2n) is 15.0. The van der Waals surface area contributed by atoms with Crippen molar-refractivity contribution >= 4 is 27.0 Å². The minimum Gasteiger partial charge on any atom is -0.411 e. The number of aromatic amines is 1. The lowest BCUT2D eigenvalue weighted by molar-refractivity contribution is -0.178. The molecular formula is C35H52N2O6Si2. The molecule has 1 fully saturated rings. The molecule has 1 aliphatic heterocycles. The summed E-state index contributed by atoms with van der Waals surface area (Å²) in [5.41, 5.74) is -1.88. The van der Waals surface area contributed by atoms with Gasteiger partial charge in [0.25, 0.3) is 13.9 Å². The summed E-state index contributed by atoms with van der Waals surface area (Å²) in [6, 6.07) is 20.7. The lowest BCUT2D eigenvalue weighted by atomic mass is 9.89. The van der Waals surface area contributed by atoms with Gasteiger partial charge in [-0.3, -0.25) is 14.3 Å². The predicted octanol–water partition coefficient (Wildman–Crippen LogP) is 5.24. The van der Waals surface area contributed by atoms with Crippen LogP contribution >= 0.6 is 0 Å². The molecule has 0 spiro atoms. The molecule has 4 rings (SSSR count). The van der Waals surface area contributed by atoms with Gasteiger partial charge in [0, 0.05) is 18.2 Å². The van der Waals surface area contributed by atoms with E-state index in [2.05, 4.69) is 83.9 Å². The van der Waals surface area contributed by atoms with Crippen LogP contribution in [0.5, 0.6) is 0 Å². The van der Waals surface area contributed by atoms with Gasteiger partial charge in [0.15, 0.2) is 8.32 Å². The van der Waals surface area contributed by atoms with Crippen LogP contribution in [-0.4, -0.2) is 55.7 Å². The molecule has 10 heteroatoms. The van der Waals surface area contributed by atoms with E-state index in [1.54, 1.807) is 6.92 Å². The summed E-state index contributed by atoms with van der Waals surface area (Å²) < 4.78 is 22.8. The molecule has 1 unspecified atom stereocenters. The average Bonchev–Trinajstić information content (AvgIpc) is 3.32. The maximum atomic E-state index is 13.1. The second kappa shape index (κ2) is 12.9. The van der Waals surface area contributed by atoms with Crippen LogP contribution in [-0.2, 0) is 13.6 Å². The third-order valence-corrected chi connectivity index (χ3v) is 19.4. The number of aliphatic hydroxyl groups is 1. The maximum absolute atomic E-state index is 13.1. The predicted molar refractivity (Wildman–Crippen MR) is 185 cm³/mol. The van der Waals surface area contributed by atoms with Crippen molar-refractivity contribution in [2.24, 2.45) is 0 Å². The molecule has 0 aliphatic carbocycles.